The van der Waals surface area contributed by atoms with Crippen LogP contribution >= 0.6 is 0 Å². The smallest absolute Gasteiger partial charge is 0.322 e. The molecule has 0 saturated carbocycles. The number of aromatic nitrogens is 3. The Hall–Kier alpha value is -3.17. The largest absolute Gasteiger partial charge is 0.494 e. The van der Waals surface area contributed by atoms with E-state index in [2.05, 4.69) is 20.5 Å². The molecule has 1 aliphatic heterocycles. The maximum atomic E-state index is 12.7. The topological polar surface area (TPSA) is 126 Å². The van der Waals surface area contributed by atoms with Gasteiger partial charge in [0.25, 0.3) is 5.69 Å². The summed E-state index contributed by atoms with van der Waals surface area (Å²) in [5, 5.41) is 20.3. The first-order valence-electron chi connectivity index (χ1n) is 7.85. The minimum atomic E-state index is -0.515. The number of urea groups is 1. The van der Waals surface area contributed by atoms with Gasteiger partial charge in [-0.1, -0.05) is 0 Å². The molecule has 1 fully saturated rings. The quantitative estimate of drug-likeness (QED) is 0.647. The van der Waals surface area contributed by atoms with Gasteiger partial charge in [-0.15, -0.1) is 0 Å². The Bertz CT molecular complexity index is 763. The van der Waals surface area contributed by atoms with Gasteiger partial charge in [0.1, 0.15) is 17.9 Å². The van der Waals surface area contributed by atoms with E-state index in [4.69, 9.17) is 4.74 Å². The van der Waals surface area contributed by atoms with Crippen LogP contribution in [0.1, 0.15) is 31.1 Å². The second-order valence-corrected chi connectivity index (χ2v) is 5.65. The molecule has 0 spiro atoms. The number of piperidine rings is 1. The Morgan fingerprint density at radius 3 is 3.00 bits per heavy atom. The van der Waals surface area contributed by atoms with E-state index in [1.807, 2.05) is 0 Å². The van der Waals surface area contributed by atoms with E-state index in [0.29, 0.717) is 18.1 Å². The number of amides is 2. The van der Waals surface area contributed by atoms with Crippen molar-refractivity contribution in [1.29, 1.82) is 0 Å². The van der Waals surface area contributed by atoms with Crippen LogP contribution in [0, 0.1) is 10.1 Å². The number of carbonyl (C=O) groups excluding carboxylic acids is 1. The van der Waals surface area contributed by atoms with E-state index < -0.39 is 4.92 Å². The van der Waals surface area contributed by atoms with E-state index in [-0.39, 0.29) is 23.5 Å². The zero-order valence-electron chi connectivity index (χ0n) is 13.6. The van der Waals surface area contributed by atoms with Crippen molar-refractivity contribution in [2.45, 2.75) is 25.3 Å². The molecule has 10 heteroatoms. The molecule has 1 atom stereocenters. The lowest BCUT2D eigenvalue weighted by molar-refractivity contribution is -0.384. The van der Waals surface area contributed by atoms with Crippen molar-refractivity contribution >= 4 is 17.4 Å². The Kier molecular flexibility index (Phi) is 4.78. The maximum Gasteiger partial charge on any atom is 0.322 e. The predicted octanol–water partition coefficient (Wildman–Crippen LogP) is 2.48. The van der Waals surface area contributed by atoms with Gasteiger partial charge >= 0.3 is 6.03 Å². The third-order valence-electron chi connectivity index (χ3n) is 4.15. The number of nitrogens with zero attached hydrogens (tertiary/aromatic N) is 4. The highest BCUT2D eigenvalue weighted by atomic mass is 16.6. The fourth-order valence-corrected chi connectivity index (χ4v) is 2.92. The molecule has 0 bridgehead atoms. The number of non-ortho nitro benzene ring substituents is 1. The molecule has 1 aromatic carbocycles. The number of nitro groups is 1. The Morgan fingerprint density at radius 1 is 1.48 bits per heavy atom. The number of nitrogens with one attached hydrogen (secondary N) is 2. The van der Waals surface area contributed by atoms with Crippen LogP contribution in [0.4, 0.5) is 16.2 Å². The van der Waals surface area contributed by atoms with E-state index >= 15 is 0 Å². The first-order valence-corrected chi connectivity index (χ1v) is 7.85. The zero-order chi connectivity index (χ0) is 17.8. The molecule has 1 aromatic heterocycles. The minimum Gasteiger partial charge on any atom is -0.494 e. The molecule has 1 aliphatic rings. The molecular weight excluding hydrogens is 328 g/mol. The van der Waals surface area contributed by atoms with Crippen LogP contribution in [0.2, 0.25) is 0 Å². The van der Waals surface area contributed by atoms with Gasteiger partial charge < -0.3 is 15.0 Å². The molecule has 2 aromatic rings. The number of aromatic amines is 1. The zero-order valence-corrected chi connectivity index (χ0v) is 13.6. The Morgan fingerprint density at radius 2 is 2.32 bits per heavy atom. The molecule has 3 rings (SSSR count). The number of anilines is 1. The number of carbonyl (C=O) groups is 1. The lowest BCUT2D eigenvalue weighted by atomic mass is 10.0. The van der Waals surface area contributed by atoms with Crippen LogP contribution < -0.4 is 10.1 Å². The van der Waals surface area contributed by atoms with Crippen molar-refractivity contribution < 1.29 is 14.5 Å². The molecule has 1 saturated heterocycles. The summed E-state index contributed by atoms with van der Waals surface area (Å²) in [6.45, 7) is 0.590. The van der Waals surface area contributed by atoms with Crippen molar-refractivity contribution in [3.8, 4) is 5.75 Å². The lowest BCUT2D eigenvalue weighted by Crippen LogP contribution is -2.41. The highest BCUT2D eigenvalue weighted by Gasteiger charge is 2.30. The van der Waals surface area contributed by atoms with Gasteiger partial charge in [0.15, 0.2) is 0 Å². The highest BCUT2D eigenvalue weighted by molar-refractivity contribution is 5.91. The summed E-state index contributed by atoms with van der Waals surface area (Å²) in [5.74, 6) is 0.876. The van der Waals surface area contributed by atoms with Crippen molar-refractivity contribution in [3.05, 3.63) is 40.5 Å². The number of ether oxygens (including phenoxy) is 1. The number of likely N-dealkylation sites (tertiary alicyclic amines) is 1. The number of H-pyrrole nitrogens is 1. The van der Waals surface area contributed by atoms with Crippen LogP contribution in [0.5, 0.6) is 5.75 Å². The van der Waals surface area contributed by atoms with Crippen LogP contribution in [-0.4, -0.2) is 44.7 Å². The number of hydrogen-bond donors (Lipinski definition) is 2. The first-order chi connectivity index (χ1) is 12.1. The first kappa shape index (κ1) is 16.7. The van der Waals surface area contributed by atoms with Crippen LogP contribution in [0.25, 0.3) is 0 Å². The number of rotatable bonds is 4. The predicted molar refractivity (Wildman–Crippen MR) is 88.3 cm³/mol. The fourth-order valence-electron chi connectivity index (χ4n) is 2.92. The summed E-state index contributed by atoms with van der Waals surface area (Å²) in [4.78, 5) is 28.9. The van der Waals surface area contributed by atoms with Crippen LogP contribution in [0.3, 0.4) is 0 Å². The van der Waals surface area contributed by atoms with Crippen molar-refractivity contribution in [1.82, 2.24) is 20.1 Å². The molecule has 2 heterocycles. The van der Waals surface area contributed by atoms with E-state index in [1.165, 1.54) is 31.6 Å². The lowest BCUT2D eigenvalue weighted by Gasteiger charge is -2.34. The molecule has 2 N–H and O–H groups in total. The standard InChI is InChI=1S/C15H18N6O4/c1-25-13-8-10(21(23)24)5-6-11(13)18-15(22)20-7-3-2-4-12(20)14-16-9-17-19-14/h5-6,8-9,12H,2-4,7H2,1H3,(H,18,22)(H,16,17,19)/t12-/m0/s1. The molecule has 0 radical (unpaired) electrons. The Balaban J connectivity index is 1.80. The molecule has 2 amide bonds. The van der Waals surface area contributed by atoms with Crippen LogP contribution in [-0.2, 0) is 0 Å². The molecule has 10 nitrogen and oxygen atoms in total. The van der Waals surface area contributed by atoms with Crippen molar-refractivity contribution in [3.63, 3.8) is 0 Å². The third kappa shape index (κ3) is 3.52. The third-order valence-corrected chi connectivity index (χ3v) is 4.15. The van der Waals surface area contributed by atoms with Gasteiger partial charge in [-0.25, -0.2) is 9.78 Å². The minimum absolute atomic E-state index is 0.104. The summed E-state index contributed by atoms with van der Waals surface area (Å²) in [7, 11) is 1.40. The summed E-state index contributed by atoms with van der Waals surface area (Å²) >= 11 is 0. The second kappa shape index (κ2) is 7.16. The summed E-state index contributed by atoms with van der Waals surface area (Å²) < 4.78 is 5.16. The van der Waals surface area contributed by atoms with Gasteiger partial charge in [0.05, 0.1) is 29.8 Å². The van der Waals surface area contributed by atoms with Gasteiger partial charge in [0, 0.05) is 12.6 Å². The number of benzene rings is 1. The molecule has 0 aliphatic carbocycles. The van der Waals surface area contributed by atoms with Crippen molar-refractivity contribution in [2.75, 3.05) is 19.0 Å². The fraction of sp³-hybridized carbons (Fsp3) is 0.400. The normalized spacial score (nSPS) is 17.2. The van der Waals surface area contributed by atoms with Gasteiger partial charge in [0.2, 0.25) is 0 Å². The maximum absolute atomic E-state index is 12.7. The number of hydrogen-bond acceptors (Lipinski definition) is 6. The monoisotopic (exact) mass is 346 g/mol. The molecule has 0 unspecified atom stereocenters. The summed E-state index contributed by atoms with van der Waals surface area (Å²) in [5.41, 5.74) is 0.271. The van der Waals surface area contributed by atoms with E-state index in [1.54, 1.807) is 4.90 Å². The number of methoxy groups -OCH3 is 1. The SMILES string of the molecule is COc1cc([N+](=O)[O-])ccc1NC(=O)N1CCCC[C@H]1c1ncn[nH]1. The average Bonchev–Trinajstić information content (AvgIpc) is 3.16. The molecular formula is C15H18N6O4. The van der Waals surface area contributed by atoms with Crippen LogP contribution in [0.15, 0.2) is 24.5 Å². The summed E-state index contributed by atoms with van der Waals surface area (Å²) in [6, 6.07) is 3.57. The summed E-state index contributed by atoms with van der Waals surface area (Å²) in [6.07, 6.45) is 4.10. The molecule has 132 valence electrons. The Labute approximate surface area is 143 Å². The van der Waals surface area contributed by atoms with Gasteiger partial charge in [-0.05, 0) is 25.3 Å². The van der Waals surface area contributed by atoms with E-state index in [9.17, 15) is 14.9 Å². The van der Waals surface area contributed by atoms with Gasteiger partial charge in [-0.3, -0.25) is 15.2 Å². The van der Waals surface area contributed by atoms with Crippen molar-refractivity contribution in [2.24, 2.45) is 0 Å². The second-order valence-electron chi connectivity index (χ2n) is 5.65. The average molecular weight is 346 g/mol. The molecule has 25 heavy (non-hydrogen) atoms. The highest BCUT2D eigenvalue weighted by Crippen LogP contribution is 2.32. The van der Waals surface area contributed by atoms with E-state index in [0.717, 1.165) is 19.3 Å². The van der Waals surface area contributed by atoms with Gasteiger partial charge in [-0.2, -0.15) is 5.10 Å². The number of nitro benzene ring substituents is 1.